The molecule has 1 aromatic carbocycles. The van der Waals surface area contributed by atoms with Gasteiger partial charge in [-0.2, -0.15) is 0 Å². The summed E-state index contributed by atoms with van der Waals surface area (Å²) in [5, 5.41) is 2.95. The Hall–Kier alpha value is -1.68. The molecule has 0 unspecified atom stereocenters. The number of amides is 1. The summed E-state index contributed by atoms with van der Waals surface area (Å²) in [6, 6.07) is 6.20. The van der Waals surface area contributed by atoms with Gasteiger partial charge in [-0.15, -0.1) is 11.3 Å². The minimum absolute atomic E-state index is 0.0621. The summed E-state index contributed by atoms with van der Waals surface area (Å²) >= 11 is 1.38. The Kier molecular flexibility index (Phi) is 2.88. The summed E-state index contributed by atoms with van der Waals surface area (Å²) in [5.41, 5.74) is 6.16. The third kappa shape index (κ3) is 2.04. The van der Waals surface area contributed by atoms with Crippen LogP contribution in [0.2, 0.25) is 0 Å². The standard InChI is InChI=1S/C14H14N2OS/c1-9-13(18-8-15-9)14(17)16-12-6-5-10-3-2-4-11(10)7-12/h5-8H,2-4H2,1H3,(H,16,17). The Bertz CT molecular complexity index is 604. The zero-order chi connectivity index (χ0) is 12.5. The predicted octanol–water partition coefficient (Wildman–Crippen LogP) is 3.19. The van der Waals surface area contributed by atoms with Crippen LogP contribution in [-0.4, -0.2) is 10.9 Å². The molecule has 1 aliphatic rings. The van der Waals surface area contributed by atoms with E-state index in [4.69, 9.17) is 0 Å². The van der Waals surface area contributed by atoms with E-state index in [0.29, 0.717) is 4.88 Å². The van der Waals surface area contributed by atoms with Crippen LogP contribution in [0.4, 0.5) is 5.69 Å². The number of thiazole rings is 1. The zero-order valence-electron chi connectivity index (χ0n) is 10.2. The highest BCUT2D eigenvalue weighted by Gasteiger charge is 2.14. The molecule has 0 fully saturated rings. The minimum atomic E-state index is -0.0621. The van der Waals surface area contributed by atoms with E-state index in [0.717, 1.165) is 24.2 Å². The van der Waals surface area contributed by atoms with E-state index in [1.54, 1.807) is 5.51 Å². The van der Waals surface area contributed by atoms with Crippen molar-refractivity contribution in [3.05, 3.63) is 45.4 Å². The number of fused-ring (bicyclic) bond motifs is 1. The number of nitrogens with zero attached hydrogens (tertiary/aromatic N) is 1. The highest BCUT2D eigenvalue weighted by atomic mass is 32.1. The van der Waals surface area contributed by atoms with Gasteiger partial charge in [0.2, 0.25) is 0 Å². The van der Waals surface area contributed by atoms with Gasteiger partial charge in [-0.3, -0.25) is 4.79 Å². The van der Waals surface area contributed by atoms with Crippen LogP contribution >= 0.6 is 11.3 Å². The van der Waals surface area contributed by atoms with Crippen molar-refractivity contribution in [2.75, 3.05) is 5.32 Å². The van der Waals surface area contributed by atoms with Crippen LogP contribution < -0.4 is 5.32 Å². The molecule has 92 valence electrons. The average molecular weight is 258 g/mol. The Balaban J connectivity index is 1.81. The Morgan fingerprint density at radius 1 is 1.33 bits per heavy atom. The SMILES string of the molecule is Cc1ncsc1C(=O)Nc1ccc2c(c1)CCC2. The number of rotatable bonds is 2. The van der Waals surface area contributed by atoms with E-state index in [2.05, 4.69) is 22.4 Å². The second kappa shape index (κ2) is 4.53. The fraction of sp³-hybridized carbons (Fsp3) is 0.286. The van der Waals surface area contributed by atoms with Gasteiger partial charge in [0.05, 0.1) is 11.2 Å². The lowest BCUT2D eigenvalue weighted by Crippen LogP contribution is -2.11. The molecule has 0 radical (unpaired) electrons. The second-order valence-corrected chi connectivity index (χ2v) is 5.41. The van der Waals surface area contributed by atoms with Crippen molar-refractivity contribution in [3.8, 4) is 0 Å². The van der Waals surface area contributed by atoms with Gasteiger partial charge in [-0.1, -0.05) is 6.07 Å². The molecule has 1 aliphatic carbocycles. The summed E-state index contributed by atoms with van der Waals surface area (Å²) in [5.74, 6) is -0.0621. The van der Waals surface area contributed by atoms with Crippen molar-refractivity contribution in [3.63, 3.8) is 0 Å². The first-order chi connectivity index (χ1) is 8.74. The van der Waals surface area contributed by atoms with Gasteiger partial charge in [0, 0.05) is 5.69 Å². The molecule has 1 heterocycles. The van der Waals surface area contributed by atoms with Gasteiger partial charge in [0.1, 0.15) is 4.88 Å². The Morgan fingerprint density at radius 3 is 2.94 bits per heavy atom. The molecule has 1 aromatic heterocycles. The molecule has 1 N–H and O–H groups in total. The molecule has 0 spiro atoms. The van der Waals surface area contributed by atoms with Crippen LogP contribution in [0.1, 0.15) is 32.9 Å². The molecule has 2 aromatic rings. The molecule has 18 heavy (non-hydrogen) atoms. The molecule has 0 aliphatic heterocycles. The van der Waals surface area contributed by atoms with E-state index in [1.165, 1.54) is 28.9 Å². The van der Waals surface area contributed by atoms with E-state index in [9.17, 15) is 4.79 Å². The number of aromatic nitrogens is 1. The lowest BCUT2D eigenvalue weighted by Gasteiger charge is -2.06. The number of hydrogen-bond donors (Lipinski definition) is 1. The van der Waals surface area contributed by atoms with E-state index in [1.807, 2.05) is 13.0 Å². The average Bonchev–Trinajstić information content (AvgIpc) is 2.96. The smallest absolute Gasteiger partial charge is 0.267 e. The number of aryl methyl sites for hydroxylation is 3. The van der Waals surface area contributed by atoms with Gasteiger partial charge in [-0.05, 0) is 49.4 Å². The van der Waals surface area contributed by atoms with Crippen molar-refractivity contribution >= 4 is 22.9 Å². The summed E-state index contributed by atoms with van der Waals surface area (Å²) < 4.78 is 0. The van der Waals surface area contributed by atoms with Crippen molar-refractivity contribution < 1.29 is 4.79 Å². The first kappa shape index (κ1) is 11.4. The predicted molar refractivity (Wildman–Crippen MR) is 73.3 cm³/mol. The van der Waals surface area contributed by atoms with E-state index in [-0.39, 0.29) is 5.91 Å². The number of carbonyl (C=O) groups excluding carboxylic acids is 1. The van der Waals surface area contributed by atoms with Gasteiger partial charge in [-0.25, -0.2) is 4.98 Å². The maximum absolute atomic E-state index is 12.1. The monoisotopic (exact) mass is 258 g/mol. The third-order valence-corrected chi connectivity index (χ3v) is 4.24. The Morgan fingerprint density at radius 2 is 2.17 bits per heavy atom. The first-order valence-electron chi connectivity index (χ1n) is 6.07. The molecule has 3 nitrogen and oxygen atoms in total. The van der Waals surface area contributed by atoms with Gasteiger partial charge >= 0.3 is 0 Å². The second-order valence-electron chi connectivity index (χ2n) is 4.56. The minimum Gasteiger partial charge on any atom is -0.321 e. The molecule has 0 saturated carbocycles. The van der Waals surface area contributed by atoms with Crippen molar-refractivity contribution in [1.29, 1.82) is 0 Å². The summed E-state index contributed by atoms with van der Waals surface area (Å²) in [6.07, 6.45) is 3.51. The molecular formula is C14H14N2OS. The van der Waals surface area contributed by atoms with Gasteiger partial charge < -0.3 is 5.32 Å². The van der Waals surface area contributed by atoms with E-state index >= 15 is 0 Å². The van der Waals surface area contributed by atoms with Gasteiger partial charge in [0.15, 0.2) is 0 Å². The molecule has 4 heteroatoms. The topological polar surface area (TPSA) is 42.0 Å². The van der Waals surface area contributed by atoms with Crippen molar-refractivity contribution in [2.24, 2.45) is 0 Å². The normalized spacial score (nSPS) is 13.4. The lowest BCUT2D eigenvalue weighted by atomic mass is 10.1. The first-order valence-corrected chi connectivity index (χ1v) is 6.95. The number of carbonyl (C=O) groups is 1. The largest absolute Gasteiger partial charge is 0.321 e. The lowest BCUT2D eigenvalue weighted by molar-refractivity contribution is 0.103. The summed E-state index contributed by atoms with van der Waals surface area (Å²) in [4.78, 5) is 16.8. The zero-order valence-corrected chi connectivity index (χ0v) is 11.0. The summed E-state index contributed by atoms with van der Waals surface area (Å²) in [6.45, 7) is 1.86. The number of nitrogens with one attached hydrogen (secondary N) is 1. The molecule has 3 rings (SSSR count). The molecule has 0 bridgehead atoms. The van der Waals surface area contributed by atoms with Crippen molar-refractivity contribution in [1.82, 2.24) is 4.98 Å². The van der Waals surface area contributed by atoms with Gasteiger partial charge in [0.25, 0.3) is 5.91 Å². The van der Waals surface area contributed by atoms with Crippen LogP contribution in [0.5, 0.6) is 0 Å². The number of anilines is 1. The molecule has 0 atom stereocenters. The van der Waals surface area contributed by atoms with Crippen LogP contribution in [-0.2, 0) is 12.8 Å². The number of hydrogen-bond acceptors (Lipinski definition) is 3. The fourth-order valence-corrected chi connectivity index (χ4v) is 3.05. The highest BCUT2D eigenvalue weighted by Crippen LogP contribution is 2.25. The molecular weight excluding hydrogens is 244 g/mol. The van der Waals surface area contributed by atoms with Crippen LogP contribution in [0.3, 0.4) is 0 Å². The fourth-order valence-electron chi connectivity index (χ4n) is 2.36. The van der Waals surface area contributed by atoms with Crippen LogP contribution in [0.15, 0.2) is 23.7 Å². The quantitative estimate of drug-likeness (QED) is 0.898. The van der Waals surface area contributed by atoms with E-state index < -0.39 is 0 Å². The maximum atomic E-state index is 12.1. The third-order valence-electron chi connectivity index (χ3n) is 3.31. The molecule has 1 amide bonds. The highest BCUT2D eigenvalue weighted by molar-refractivity contribution is 7.12. The van der Waals surface area contributed by atoms with Crippen LogP contribution in [0.25, 0.3) is 0 Å². The summed E-state index contributed by atoms with van der Waals surface area (Å²) in [7, 11) is 0. The van der Waals surface area contributed by atoms with Crippen LogP contribution in [0, 0.1) is 6.92 Å². The number of benzene rings is 1. The molecule has 0 saturated heterocycles. The Labute approximate surface area is 110 Å². The maximum Gasteiger partial charge on any atom is 0.267 e. The van der Waals surface area contributed by atoms with Crippen molar-refractivity contribution in [2.45, 2.75) is 26.2 Å².